The highest BCUT2D eigenvalue weighted by molar-refractivity contribution is 7.80. The first-order chi connectivity index (χ1) is 13.5. The second-order valence-electron chi connectivity index (χ2n) is 9.16. The van der Waals surface area contributed by atoms with Crippen molar-refractivity contribution >= 4 is 44.5 Å². The Morgan fingerprint density at radius 1 is 1.03 bits per heavy atom. The number of amides is 1. The summed E-state index contributed by atoms with van der Waals surface area (Å²) in [5, 5.41) is 0. The molecule has 1 aromatic heterocycles. The number of hydrogen-bond donors (Lipinski definition) is 0. The van der Waals surface area contributed by atoms with Gasteiger partial charge in [-0.15, -0.1) is 0 Å². The van der Waals surface area contributed by atoms with E-state index in [1.165, 1.54) is 10.4 Å². The number of fused-ring (bicyclic) bond motifs is 3. The lowest BCUT2D eigenvalue weighted by Crippen LogP contribution is -2.48. The van der Waals surface area contributed by atoms with Crippen LogP contribution in [0.15, 0.2) is 42.5 Å². The van der Waals surface area contributed by atoms with Crippen LogP contribution in [0.2, 0.25) is 0 Å². The Bertz CT molecular complexity index is 1160. The third kappa shape index (κ3) is 3.20. The molecule has 0 atom stereocenters. The van der Waals surface area contributed by atoms with Crippen LogP contribution < -0.4 is 4.90 Å². The molecule has 4 rings (SSSR count). The molecule has 2 heterocycles. The van der Waals surface area contributed by atoms with E-state index < -0.39 is 5.54 Å². The molecule has 0 fully saturated rings. The Hall–Kier alpha value is -1.82. The average molecular weight is 440 g/mol. The predicted octanol–water partition coefficient (Wildman–Crippen LogP) is 7.71. The van der Waals surface area contributed by atoms with Gasteiger partial charge in [0.15, 0.2) is 0 Å². The van der Waals surface area contributed by atoms with Crippen molar-refractivity contribution in [2.45, 2.75) is 52.5 Å². The Morgan fingerprint density at radius 2 is 1.69 bits per heavy atom. The van der Waals surface area contributed by atoms with Crippen LogP contribution in [0, 0.1) is 10.7 Å². The van der Waals surface area contributed by atoms with Crippen molar-refractivity contribution in [3.63, 3.8) is 0 Å². The van der Waals surface area contributed by atoms with Gasteiger partial charge in [0.1, 0.15) is 3.82 Å². The quantitative estimate of drug-likeness (QED) is 0.286. The van der Waals surface area contributed by atoms with E-state index in [0.29, 0.717) is 5.56 Å². The zero-order chi connectivity index (χ0) is 21.1. The van der Waals surface area contributed by atoms with E-state index in [1.54, 1.807) is 20.7 Å². The molecule has 0 saturated heterocycles. The van der Waals surface area contributed by atoms with E-state index in [2.05, 4.69) is 65.8 Å². The minimum absolute atomic E-state index is 0.0287. The lowest BCUT2D eigenvalue weighted by molar-refractivity contribution is 0.0961. The molecule has 1 aliphatic heterocycles. The van der Waals surface area contributed by atoms with E-state index in [1.807, 2.05) is 23.1 Å². The summed E-state index contributed by atoms with van der Waals surface area (Å²) in [7, 11) is 3.32. The molecule has 0 radical (unpaired) electrons. The van der Waals surface area contributed by atoms with Crippen LogP contribution in [0.1, 0.15) is 61.0 Å². The Morgan fingerprint density at radius 3 is 2.31 bits per heavy atom. The van der Waals surface area contributed by atoms with E-state index in [0.717, 1.165) is 26.2 Å². The van der Waals surface area contributed by atoms with Crippen molar-refractivity contribution in [2.75, 3.05) is 4.90 Å². The van der Waals surface area contributed by atoms with Crippen molar-refractivity contribution in [1.29, 1.82) is 0 Å². The van der Waals surface area contributed by atoms with Gasteiger partial charge in [0.2, 0.25) is 0 Å². The highest BCUT2D eigenvalue weighted by atomic mass is 32.9. The summed E-state index contributed by atoms with van der Waals surface area (Å²) in [4.78, 5) is 17.0. The number of hydrogen-bond acceptors (Lipinski definition) is 4. The van der Waals surface area contributed by atoms with Crippen molar-refractivity contribution in [1.82, 2.24) is 0 Å². The summed E-state index contributed by atoms with van der Waals surface area (Å²) in [6.07, 6.45) is 0. The third-order valence-electron chi connectivity index (χ3n) is 5.68. The largest absolute Gasteiger partial charge is 0.297 e. The number of carbonyl (C=O) groups is 1. The summed E-state index contributed by atoms with van der Waals surface area (Å²) in [6.45, 7) is 12.9. The van der Waals surface area contributed by atoms with Gasteiger partial charge in [-0.3, -0.25) is 9.69 Å². The number of nitrogens with zero attached hydrogens (tertiary/aromatic N) is 1. The maximum absolute atomic E-state index is 13.8. The van der Waals surface area contributed by atoms with Crippen LogP contribution in [-0.2, 0) is 11.0 Å². The fraction of sp³-hybridized carbons (Fsp3) is 0.333. The number of carbonyl (C=O) groups excluding carboxylic acids is 1. The summed E-state index contributed by atoms with van der Waals surface area (Å²) in [5.74, 6) is 0.0287. The zero-order valence-electron chi connectivity index (χ0n) is 17.6. The molecule has 0 bridgehead atoms. The fourth-order valence-electron chi connectivity index (χ4n) is 4.03. The summed E-state index contributed by atoms with van der Waals surface area (Å²) in [6, 6.07) is 14.3. The topological polar surface area (TPSA) is 20.3 Å². The first kappa shape index (κ1) is 20.5. The van der Waals surface area contributed by atoms with E-state index in [4.69, 9.17) is 12.2 Å². The van der Waals surface area contributed by atoms with Crippen LogP contribution in [0.5, 0.6) is 0 Å². The van der Waals surface area contributed by atoms with Crippen molar-refractivity contribution in [3.05, 3.63) is 67.9 Å². The number of para-hydroxylation sites is 1. The lowest BCUT2D eigenvalue weighted by atomic mass is 9.84. The molecule has 5 heteroatoms. The van der Waals surface area contributed by atoms with Gasteiger partial charge in [-0.25, -0.2) is 0 Å². The van der Waals surface area contributed by atoms with Gasteiger partial charge >= 0.3 is 0 Å². The van der Waals surface area contributed by atoms with Gasteiger partial charge in [-0.2, -0.15) is 0 Å². The fourth-order valence-corrected chi connectivity index (χ4v) is 7.31. The Labute approximate surface area is 185 Å². The monoisotopic (exact) mass is 439 g/mol. The summed E-state index contributed by atoms with van der Waals surface area (Å²) < 4.78 is 0.909. The summed E-state index contributed by atoms with van der Waals surface area (Å²) in [5.41, 5.74) is 5.80. The molecule has 0 unspecified atom stereocenters. The SMILES string of the molecule is Cc1cccc2c1N(C(=O)c1ccc(C(C)(C)C)cc1)C(C)(C)c1ssc(=S)c1-2. The normalized spacial score (nSPS) is 15.0. The predicted molar refractivity (Wildman–Crippen MR) is 128 cm³/mol. The molecule has 1 aliphatic rings. The zero-order valence-corrected chi connectivity index (χ0v) is 20.1. The lowest BCUT2D eigenvalue weighted by Gasteiger charge is -2.43. The van der Waals surface area contributed by atoms with Crippen LogP contribution in [0.4, 0.5) is 5.69 Å². The number of benzene rings is 2. The maximum atomic E-state index is 13.8. The second-order valence-corrected chi connectivity index (χ2v) is 12.0. The van der Waals surface area contributed by atoms with E-state index in [-0.39, 0.29) is 11.3 Å². The van der Waals surface area contributed by atoms with E-state index in [9.17, 15) is 4.79 Å². The molecule has 0 saturated carbocycles. The molecular formula is C24H25NOS3. The molecule has 0 N–H and O–H groups in total. The van der Waals surface area contributed by atoms with Crippen molar-refractivity contribution < 1.29 is 4.79 Å². The molecular weight excluding hydrogens is 414 g/mol. The maximum Gasteiger partial charge on any atom is 0.259 e. The Balaban J connectivity index is 1.90. The van der Waals surface area contributed by atoms with Gasteiger partial charge in [0.05, 0.1) is 16.1 Å². The summed E-state index contributed by atoms with van der Waals surface area (Å²) >= 11 is 5.67. The molecule has 150 valence electrons. The Kier molecular flexibility index (Phi) is 4.84. The molecule has 3 aromatic rings. The number of aryl methyl sites for hydroxylation is 1. The number of rotatable bonds is 1. The highest BCUT2D eigenvalue weighted by Crippen LogP contribution is 2.53. The van der Waals surface area contributed by atoms with Gasteiger partial charge in [-0.05, 0) is 49.4 Å². The van der Waals surface area contributed by atoms with Crippen LogP contribution in [0.25, 0.3) is 11.1 Å². The third-order valence-corrected chi connectivity index (χ3v) is 9.01. The second kappa shape index (κ2) is 6.86. The minimum atomic E-state index is -0.466. The first-order valence-electron chi connectivity index (χ1n) is 9.72. The standard InChI is InChI=1S/C24H25NOS3/c1-14-8-7-9-17-18-20(28-29-22(18)27)24(5,6)25(19(14)17)21(26)15-10-12-16(13-11-15)23(2,3)4/h7-13H,1-6H3. The molecule has 1 amide bonds. The minimum Gasteiger partial charge on any atom is -0.297 e. The highest BCUT2D eigenvalue weighted by Gasteiger charge is 2.43. The van der Waals surface area contributed by atoms with Gasteiger partial charge < -0.3 is 0 Å². The van der Waals surface area contributed by atoms with Crippen LogP contribution in [0.3, 0.4) is 0 Å². The smallest absolute Gasteiger partial charge is 0.259 e. The molecule has 0 aliphatic carbocycles. The molecule has 29 heavy (non-hydrogen) atoms. The van der Waals surface area contributed by atoms with Crippen LogP contribution >= 0.6 is 32.9 Å². The van der Waals surface area contributed by atoms with Gasteiger partial charge in [0, 0.05) is 16.7 Å². The van der Waals surface area contributed by atoms with Crippen LogP contribution in [-0.4, -0.2) is 5.91 Å². The molecule has 2 aromatic carbocycles. The van der Waals surface area contributed by atoms with Crippen molar-refractivity contribution in [2.24, 2.45) is 0 Å². The first-order valence-corrected chi connectivity index (χ1v) is 12.3. The average Bonchev–Trinajstić information content (AvgIpc) is 3.05. The number of anilines is 1. The van der Waals surface area contributed by atoms with Gasteiger partial charge in [-0.1, -0.05) is 84.0 Å². The molecule has 0 spiro atoms. The van der Waals surface area contributed by atoms with Gasteiger partial charge in [0.25, 0.3) is 5.91 Å². The van der Waals surface area contributed by atoms with E-state index >= 15 is 0 Å². The van der Waals surface area contributed by atoms with Crippen molar-refractivity contribution in [3.8, 4) is 11.1 Å². The molecule has 2 nitrogen and oxygen atoms in total.